The van der Waals surface area contributed by atoms with Crippen molar-refractivity contribution in [1.29, 1.82) is 0 Å². The minimum atomic E-state index is -0.355. The first-order valence-electron chi connectivity index (χ1n) is 7.98. The van der Waals surface area contributed by atoms with Crippen LogP contribution in [0.25, 0.3) is 0 Å². The molecule has 3 aromatic rings. The summed E-state index contributed by atoms with van der Waals surface area (Å²) in [5.41, 5.74) is 2.56. The molecule has 0 radical (unpaired) electrons. The highest BCUT2D eigenvalue weighted by atomic mass is 16.5. The van der Waals surface area contributed by atoms with Crippen LogP contribution in [0.5, 0.6) is 5.75 Å². The molecule has 0 unspecified atom stereocenters. The van der Waals surface area contributed by atoms with E-state index in [1.165, 1.54) is 6.26 Å². The number of amides is 2. The van der Waals surface area contributed by atoms with Gasteiger partial charge in [-0.2, -0.15) is 0 Å². The molecular weight excluding hydrogens is 332 g/mol. The molecule has 0 aliphatic rings. The van der Waals surface area contributed by atoms with Gasteiger partial charge in [-0.3, -0.25) is 9.59 Å². The molecule has 2 amide bonds. The quantitative estimate of drug-likeness (QED) is 0.726. The van der Waals surface area contributed by atoms with Gasteiger partial charge in [0.05, 0.1) is 13.4 Å². The van der Waals surface area contributed by atoms with Crippen molar-refractivity contribution in [2.45, 2.75) is 6.92 Å². The Morgan fingerprint density at radius 1 is 0.962 bits per heavy atom. The van der Waals surface area contributed by atoms with E-state index in [1.54, 1.807) is 55.6 Å². The van der Waals surface area contributed by atoms with E-state index in [1.807, 2.05) is 13.0 Å². The largest absolute Gasteiger partial charge is 0.497 e. The smallest absolute Gasteiger partial charge is 0.291 e. The van der Waals surface area contributed by atoms with Gasteiger partial charge < -0.3 is 19.8 Å². The second-order valence-electron chi connectivity index (χ2n) is 5.64. The highest BCUT2D eigenvalue weighted by Crippen LogP contribution is 2.22. The third kappa shape index (κ3) is 3.92. The van der Waals surface area contributed by atoms with Gasteiger partial charge in [0, 0.05) is 16.9 Å². The number of nitrogens with one attached hydrogen (secondary N) is 2. The van der Waals surface area contributed by atoms with Gasteiger partial charge in [-0.05, 0) is 61.0 Å². The number of methoxy groups -OCH3 is 1. The third-order valence-corrected chi connectivity index (χ3v) is 3.84. The van der Waals surface area contributed by atoms with Gasteiger partial charge in [0.1, 0.15) is 5.75 Å². The van der Waals surface area contributed by atoms with E-state index in [0.29, 0.717) is 22.7 Å². The molecule has 2 N–H and O–H groups in total. The van der Waals surface area contributed by atoms with Crippen LogP contribution < -0.4 is 15.4 Å². The molecule has 0 aliphatic heterocycles. The van der Waals surface area contributed by atoms with Crippen molar-refractivity contribution < 1.29 is 18.7 Å². The molecule has 26 heavy (non-hydrogen) atoms. The van der Waals surface area contributed by atoms with Gasteiger partial charge in [-0.25, -0.2) is 0 Å². The van der Waals surface area contributed by atoms with Crippen molar-refractivity contribution in [3.05, 3.63) is 77.7 Å². The fourth-order valence-corrected chi connectivity index (χ4v) is 2.37. The average Bonchev–Trinajstić information content (AvgIpc) is 3.19. The summed E-state index contributed by atoms with van der Waals surface area (Å²) in [5.74, 6) is 0.298. The van der Waals surface area contributed by atoms with E-state index in [0.717, 1.165) is 5.56 Å². The molecule has 0 aliphatic carbocycles. The van der Waals surface area contributed by atoms with Crippen LogP contribution in [0.3, 0.4) is 0 Å². The third-order valence-electron chi connectivity index (χ3n) is 3.84. The molecule has 0 saturated carbocycles. The number of hydrogen-bond donors (Lipinski definition) is 2. The van der Waals surface area contributed by atoms with Crippen molar-refractivity contribution in [3.8, 4) is 5.75 Å². The standard InChI is InChI=1S/C20H18N2O4/c1-13-5-8-15(21-20(24)18-4-3-11-26-18)12-17(13)22-19(23)14-6-9-16(25-2)10-7-14/h3-12H,1-2H3,(H,21,24)(H,22,23). The molecule has 132 valence electrons. The van der Waals surface area contributed by atoms with Crippen LogP contribution in [0.1, 0.15) is 26.5 Å². The zero-order valence-corrected chi connectivity index (χ0v) is 14.4. The first-order chi connectivity index (χ1) is 12.6. The predicted octanol–water partition coefficient (Wildman–Crippen LogP) is 4.10. The minimum Gasteiger partial charge on any atom is -0.497 e. The summed E-state index contributed by atoms with van der Waals surface area (Å²) in [6, 6.07) is 15.3. The number of ether oxygens (including phenoxy) is 1. The molecule has 3 rings (SSSR count). The second kappa shape index (κ2) is 7.57. The zero-order chi connectivity index (χ0) is 18.5. The number of rotatable bonds is 5. The molecule has 6 heteroatoms. The Kier molecular flexibility index (Phi) is 5.03. The summed E-state index contributed by atoms with van der Waals surface area (Å²) in [5, 5.41) is 5.60. The Bertz CT molecular complexity index is 915. The van der Waals surface area contributed by atoms with Crippen LogP contribution >= 0.6 is 0 Å². The van der Waals surface area contributed by atoms with Crippen LogP contribution in [0.15, 0.2) is 65.3 Å². The van der Waals surface area contributed by atoms with Crippen LogP contribution in [0, 0.1) is 6.92 Å². The summed E-state index contributed by atoms with van der Waals surface area (Å²) in [7, 11) is 1.57. The Morgan fingerprint density at radius 2 is 1.73 bits per heavy atom. The molecule has 1 heterocycles. The van der Waals surface area contributed by atoms with Crippen molar-refractivity contribution in [2.75, 3.05) is 17.7 Å². The average molecular weight is 350 g/mol. The van der Waals surface area contributed by atoms with Gasteiger partial charge in [-0.15, -0.1) is 0 Å². The molecule has 0 spiro atoms. The number of aryl methyl sites for hydroxylation is 1. The fraction of sp³-hybridized carbons (Fsp3) is 0.100. The molecule has 1 aromatic heterocycles. The van der Waals surface area contributed by atoms with Crippen LogP contribution in [0.4, 0.5) is 11.4 Å². The monoisotopic (exact) mass is 350 g/mol. The summed E-state index contributed by atoms with van der Waals surface area (Å²) in [4.78, 5) is 24.5. The number of benzene rings is 2. The van der Waals surface area contributed by atoms with Gasteiger partial charge in [-0.1, -0.05) is 6.07 Å². The number of hydrogen-bond acceptors (Lipinski definition) is 4. The SMILES string of the molecule is COc1ccc(C(=O)Nc2cc(NC(=O)c3ccco3)ccc2C)cc1. The van der Waals surface area contributed by atoms with E-state index in [-0.39, 0.29) is 17.6 Å². The van der Waals surface area contributed by atoms with Gasteiger partial charge in [0.25, 0.3) is 11.8 Å². The lowest BCUT2D eigenvalue weighted by atomic mass is 10.1. The van der Waals surface area contributed by atoms with Gasteiger partial charge in [0.2, 0.25) is 0 Å². The van der Waals surface area contributed by atoms with E-state index in [9.17, 15) is 9.59 Å². The molecule has 2 aromatic carbocycles. The molecule has 0 bridgehead atoms. The summed E-state index contributed by atoms with van der Waals surface area (Å²) in [6.45, 7) is 1.88. The summed E-state index contributed by atoms with van der Waals surface area (Å²) < 4.78 is 10.2. The van der Waals surface area contributed by atoms with Crippen molar-refractivity contribution in [2.24, 2.45) is 0 Å². The maximum absolute atomic E-state index is 12.4. The molecular formula is C20H18N2O4. The van der Waals surface area contributed by atoms with E-state index in [2.05, 4.69) is 10.6 Å². The first kappa shape index (κ1) is 17.3. The Morgan fingerprint density at radius 3 is 2.38 bits per heavy atom. The van der Waals surface area contributed by atoms with E-state index < -0.39 is 0 Å². The Balaban J connectivity index is 1.74. The number of carbonyl (C=O) groups is 2. The van der Waals surface area contributed by atoms with Crippen molar-refractivity contribution in [1.82, 2.24) is 0 Å². The molecule has 0 atom stereocenters. The summed E-state index contributed by atoms with van der Waals surface area (Å²) in [6.07, 6.45) is 1.44. The van der Waals surface area contributed by atoms with Crippen molar-refractivity contribution >= 4 is 23.2 Å². The highest BCUT2D eigenvalue weighted by Gasteiger charge is 2.12. The lowest BCUT2D eigenvalue weighted by Gasteiger charge is -2.11. The number of anilines is 2. The topological polar surface area (TPSA) is 80.6 Å². The summed E-state index contributed by atoms with van der Waals surface area (Å²) >= 11 is 0. The van der Waals surface area contributed by atoms with E-state index in [4.69, 9.17) is 9.15 Å². The zero-order valence-electron chi connectivity index (χ0n) is 14.4. The predicted molar refractivity (Wildman–Crippen MR) is 98.8 cm³/mol. The first-order valence-corrected chi connectivity index (χ1v) is 7.98. The second-order valence-corrected chi connectivity index (χ2v) is 5.64. The fourth-order valence-electron chi connectivity index (χ4n) is 2.37. The highest BCUT2D eigenvalue weighted by molar-refractivity contribution is 6.06. The number of furan rings is 1. The lowest BCUT2D eigenvalue weighted by Crippen LogP contribution is -2.14. The van der Waals surface area contributed by atoms with E-state index >= 15 is 0 Å². The van der Waals surface area contributed by atoms with Crippen LogP contribution in [-0.4, -0.2) is 18.9 Å². The number of carbonyl (C=O) groups excluding carboxylic acids is 2. The Labute approximate surface area is 150 Å². The van der Waals surface area contributed by atoms with Crippen LogP contribution in [0.2, 0.25) is 0 Å². The minimum absolute atomic E-state index is 0.217. The normalized spacial score (nSPS) is 10.2. The van der Waals surface area contributed by atoms with Crippen LogP contribution in [-0.2, 0) is 0 Å². The van der Waals surface area contributed by atoms with Crippen molar-refractivity contribution in [3.63, 3.8) is 0 Å². The van der Waals surface area contributed by atoms with Gasteiger partial charge in [0.15, 0.2) is 5.76 Å². The molecule has 0 fully saturated rings. The molecule has 0 saturated heterocycles. The van der Waals surface area contributed by atoms with Gasteiger partial charge >= 0.3 is 0 Å². The molecule has 6 nitrogen and oxygen atoms in total. The Hall–Kier alpha value is -3.54. The lowest BCUT2D eigenvalue weighted by molar-refractivity contribution is 0.0995. The maximum atomic E-state index is 12.4. The maximum Gasteiger partial charge on any atom is 0.291 e.